The predicted molar refractivity (Wildman–Crippen MR) is 131 cm³/mol. The summed E-state index contributed by atoms with van der Waals surface area (Å²) in [4.78, 5) is 34.6. The number of benzene rings is 1. The zero-order chi connectivity index (χ0) is 23.6. The molecule has 4 rings (SSSR count). The van der Waals surface area contributed by atoms with E-state index >= 15 is 0 Å². The maximum atomic E-state index is 13.2. The highest BCUT2D eigenvalue weighted by atomic mass is 35.5. The van der Waals surface area contributed by atoms with Gasteiger partial charge in [0.15, 0.2) is 5.60 Å². The van der Waals surface area contributed by atoms with E-state index in [2.05, 4.69) is 6.92 Å². The van der Waals surface area contributed by atoms with Crippen LogP contribution in [0.15, 0.2) is 29.6 Å². The Bertz CT molecular complexity index is 1000. The Morgan fingerprint density at radius 2 is 1.85 bits per heavy atom. The topological polar surface area (TPSA) is 62.7 Å². The van der Waals surface area contributed by atoms with Gasteiger partial charge in [-0.15, -0.1) is 11.3 Å². The maximum absolute atomic E-state index is 13.2. The summed E-state index contributed by atoms with van der Waals surface area (Å²) in [5.74, 6) is 0.785. The van der Waals surface area contributed by atoms with Crippen LogP contribution in [0.2, 0.25) is 5.02 Å². The second kappa shape index (κ2) is 10.0. The smallest absolute Gasteiger partial charge is 0.273 e. The van der Waals surface area contributed by atoms with Crippen molar-refractivity contribution in [3.63, 3.8) is 0 Å². The summed E-state index contributed by atoms with van der Waals surface area (Å²) >= 11 is 7.77. The van der Waals surface area contributed by atoms with E-state index in [1.165, 1.54) is 6.42 Å². The van der Waals surface area contributed by atoms with E-state index in [0.717, 1.165) is 37.2 Å². The molecule has 2 aliphatic heterocycles. The van der Waals surface area contributed by atoms with E-state index in [-0.39, 0.29) is 23.8 Å². The quantitative estimate of drug-likeness (QED) is 0.566. The van der Waals surface area contributed by atoms with Crippen LogP contribution in [0.4, 0.5) is 0 Å². The third-order valence-electron chi connectivity index (χ3n) is 6.65. The highest BCUT2D eigenvalue weighted by molar-refractivity contribution is 7.09. The summed E-state index contributed by atoms with van der Waals surface area (Å²) in [5, 5.41) is 3.39. The number of nitrogens with zero attached hydrogens (tertiary/aromatic N) is 3. The van der Waals surface area contributed by atoms with Crippen molar-refractivity contribution in [2.24, 2.45) is 0 Å². The summed E-state index contributed by atoms with van der Waals surface area (Å²) < 4.78 is 5.98. The zero-order valence-electron chi connectivity index (χ0n) is 19.6. The summed E-state index contributed by atoms with van der Waals surface area (Å²) in [6, 6.07) is 7.48. The molecule has 1 aromatic heterocycles. The summed E-state index contributed by atoms with van der Waals surface area (Å²) in [5.41, 5.74) is -0.444. The van der Waals surface area contributed by atoms with Gasteiger partial charge < -0.3 is 14.5 Å². The molecule has 2 aliphatic rings. The highest BCUT2D eigenvalue weighted by Crippen LogP contribution is 2.33. The number of hydrogen-bond acceptors (Lipinski definition) is 5. The monoisotopic (exact) mass is 489 g/mol. The van der Waals surface area contributed by atoms with Crippen LogP contribution >= 0.6 is 22.9 Å². The van der Waals surface area contributed by atoms with Crippen LogP contribution < -0.4 is 4.74 Å². The number of amides is 2. The van der Waals surface area contributed by atoms with Crippen LogP contribution in [0.1, 0.15) is 74.3 Å². The first-order chi connectivity index (χ1) is 15.8. The molecule has 0 bridgehead atoms. The predicted octanol–water partition coefficient (Wildman–Crippen LogP) is 5.37. The first kappa shape index (κ1) is 24.0. The van der Waals surface area contributed by atoms with Crippen LogP contribution in [-0.2, 0) is 4.79 Å². The van der Waals surface area contributed by atoms with Crippen molar-refractivity contribution in [1.82, 2.24) is 14.8 Å². The standard InChI is InChI=1S/C25H32ClN3O3S/c1-17-8-6-7-13-29(17)23(30)20-16-33-22(27-20)18-11-14-28(15-12-18)24(31)25(2,3)32-21-10-5-4-9-19(21)26/h4-5,9-10,16-18H,6-8,11-15H2,1-3H3. The summed E-state index contributed by atoms with van der Waals surface area (Å²) in [6.45, 7) is 7.79. The van der Waals surface area contributed by atoms with Gasteiger partial charge in [0.05, 0.1) is 10.0 Å². The molecule has 0 radical (unpaired) electrons. The zero-order valence-corrected chi connectivity index (χ0v) is 21.1. The third kappa shape index (κ3) is 5.35. The van der Waals surface area contributed by atoms with Gasteiger partial charge in [-0.05, 0) is 65.0 Å². The number of carbonyl (C=O) groups is 2. The second-order valence-electron chi connectivity index (χ2n) is 9.52. The molecule has 0 spiro atoms. The van der Waals surface area contributed by atoms with Crippen molar-refractivity contribution in [3.05, 3.63) is 45.4 Å². The number of rotatable bonds is 5. The van der Waals surface area contributed by atoms with Gasteiger partial charge in [-0.1, -0.05) is 23.7 Å². The molecule has 8 heteroatoms. The fourth-order valence-electron chi connectivity index (χ4n) is 4.68. The minimum atomic E-state index is -1.01. The normalized spacial score (nSPS) is 20.1. The molecule has 3 heterocycles. The molecular formula is C25H32ClN3O3S. The van der Waals surface area contributed by atoms with Gasteiger partial charge in [0, 0.05) is 37.0 Å². The van der Waals surface area contributed by atoms with Crippen molar-refractivity contribution in [2.75, 3.05) is 19.6 Å². The number of halogens is 1. The summed E-state index contributed by atoms with van der Waals surface area (Å²) in [6.07, 6.45) is 4.97. The van der Waals surface area contributed by atoms with E-state index in [4.69, 9.17) is 21.3 Å². The molecule has 6 nitrogen and oxygen atoms in total. The van der Waals surface area contributed by atoms with Crippen molar-refractivity contribution in [1.29, 1.82) is 0 Å². The number of thiazole rings is 1. The Labute approximate surface area is 204 Å². The van der Waals surface area contributed by atoms with Crippen molar-refractivity contribution < 1.29 is 14.3 Å². The molecule has 2 saturated heterocycles. The van der Waals surface area contributed by atoms with Crippen LogP contribution in [0, 0.1) is 0 Å². The number of piperidine rings is 2. The minimum absolute atomic E-state index is 0.0463. The van der Waals surface area contributed by atoms with E-state index in [0.29, 0.717) is 29.6 Å². The lowest BCUT2D eigenvalue weighted by atomic mass is 9.96. The Morgan fingerprint density at radius 3 is 2.55 bits per heavy atom. The molecule has 0 N–H and O–H groups in total. The van der Waals surface area contributed by atoms with E-state index in [1.54, 1.807) is 37.3 Å². The van der Waals surface area contributed by atoms with Crippen LogP contribution in [0.5, 0.6) is 5.75 Å². The van der Waals surface area contributed by atoms with Gasteiger partial charge in [-0.25, -0.2) is 4.98 Å². The lowest BCUT2D eigenvalue weighted by Crippen LogP contribution is -2.51. The molecule has 0 aliphatic carbocycles. The average Bonchev–Trinajstić information content (AvgIpc) is 3.30. The lowest BCUT2D eigenvalue weighted by Gasteiger charge is -2.36. The Kier molecular flexibility index (Phi) is 7.29. The number of likely N-dealkylation sites (tertiary alicyclic amines) is 2. The van der Waals surface area contributed by atoms with Gasteiger partial charge in [-0.2, -0.15) is 0 Å². The summed E-state index contributed by atoms with van der Waals surface area (Å²) in [7, 11) is 0. The van der Waals surface area contributed by atoms with Crippen LogP contribution in [0.25, 0.3) is 0 Å². The lowest BCUT2D eigenvalue weighted by molar-refractivity contribution is -0.146. The maximum Gasteiger partial charge on any atom is 0.273 e. The molecule has 2 aromatic rings. The second-order valence-corrected chi connectivity index (χ2v) is 10.8. The van der Waals surface area contributed by atoms with E-state index in [9.17, 15) is 9.59 Å². The Hall–Kier alpha value is -2.12. The van der Waals surface area contributed by atoms with Crippen molar-refractivity contribution in [2.45, 2.75) is 70.4 Å². The molecule has 1 unspecified atom stereocenters. The molecule has 1 aromatic carbocycles. The number of hydrogen-bond donors (Lipinski definition) is 0. The number of carbonyl (C=O) groups excluding carboxylic acids is 2. The highest BCUT2D eigenvalue weighted by Gasteiger charge is 2.37. The van der Waals surface area contributed by atoms with Crippen molar-refractivity contribution in [3.8, 4) is 5.75 Å². The van der Waals surface area contributed by atoms with Gasteiger partial charge in [0.25, 0.3) is 11.8 Å². The number of ether oxygens (including phenoxy) is 1. The number of para-hydroxylation sites is 1. The molecule has 2 fully saturated rings. The molecule has 1 atom stereocenters. The van der Waals surface area contributed by atoms with Crippen molar-refractivity contribution >= 4 is 34.8 Å². The molecule has 178 valence electrons. The minimum Gasteiger partial charge on any atom is -0.476 e. The Balaban J connectivity index is 1.34. The molecule has 2 amide bonds. The fourth-order valence-corrected chi connectivity index (χ4v) is 5.82. The van der Waals surface area contributed by atoms with Crippen LogP contribution in [0.3, 0.4) is 0 Å². The van der Waals surface area contributed by atoms with E-state index < -0.39 is 5.60 Å². The average molecular weight is 490 g/mol. The van der Waals surface area contributed by atoms with Gasteiger partial charge >= 0.3 is 0 Å². The van der Waals surface area contributed by atoms with E-state index in [1.807, 2.05) is 27.3 Å². The Morgan fingerprint density at radius 1 is 1.12 bits per heavy atom. The van der Waals surface area contributed by atoms with Gasteiger partial charge in [0.1, 0.15) is 11.4 Å². The number of aromatic nitrogens is 1. The molecule has 33 heavy (non-hydrogen) atoms. The SMILES string of the molecule is CC1CCCCN1C(=O)c1csc(C2CCN(C(=O)C(C)(C)Oc3ccccc3Cl)CC2)n1. The molecule has 0 saturated carbocycles. The third-order valence-corrected chi connectivity index (χ3v) is 7.97. The van der Waals surface area contributed by atoms with Gasteiger partial charge in [-0.3, -0.25) is 9.59 Å². The first-order valence-electron chi connectivity index (χ1n) is 11.8. The fraction of sp³-hybridized carbons (Fsp3) is 0.560. The molecular weight excluding hydrogens is 458 g/mol. The largest absolute Gasteiger partial charge is 0.476 e. The van der Waals surface area contributed by atoms with Gasteiger partial charge in [0.2, 0.25) is 0 Å². The van der Waals surface area contributed by atoms with Crippen LogP contribution in [-0.4, -0.2) is 57.9 Å². The first-order valence-corrected chi connectivity index (χ1v) is 13.0.